The molecule has 0 fully saturated rings. The predicted molar refractivity (Wildman–Crippen MR) is 109 cm³/mol. The van der Waals surface area contributed by atoms with Gasteiger partial charge in [-0.25, -0.2) is 8.42 Å². The van der Waals surface area contributed by atoms with Crippen molar-refractivity contribution in [1.82, 2.24) is 10.0 Å². The van der Waals surface area contributed by atoms with Gasteiger partial charge >= 0.3 is 0 Å². The SMILES string of the molecule is C[C@H](NS(=O)(=O)c1ccccc1)C(=O)NC(c1ccccc1)c1ccccc1. The van der Waals surface area contributed by atoms with E-state index in [2.05, 4.69) is 10.0 Å². The molecule has 0 aliphatic heterocycles. The third-order valence-electron chi connectivity index (χ3n) is 4.33. The molecular formula is C22H22N2O3S. The molecular weight excluding hydrogens is 372 g/mol. The number of hydrogen-bond donors (Lipinski definition) is 2. The minimum Gasteiger partial charge on any atom is -0.344 e. The topological polar surface area (TPSA) is 75.3 Å². The molecule has 6 heteroatoms. The molecule has 0 aliphatic rings. The second-order valence-corrected chi connectivity index (χ2v) is 8.13. The summed E-state index contributed by atoms with van der Waals surface area (Å²) in [6.07, 6.45) is 0. The quantitative estimate of drug-likeness (QED) is 0.646. The van der Waals surface area contributed by atoms with Crippen LogP contribution in [0.3, 0.4) is 0 Å². The van der Waals surface area contributed by atoms with Crippen LogP contribution in [0.2, 0.25) is 0 Å². The number of benzene rings is 3. The zero-order chi connectivity index (χ0) is 20.0. The Morgan fingerprint density at radius 3 is 1.64 bits per heavy atom. The first-order valence-corrected chi connectivity index (χ1v) is 10.4. The summed E-state index contributed by atoms with van der Waals surface area (Å²) in [4.78, 5) is 12.9. The Morgan fingerprint density at radius 2 is 1.18 bits per heavy atom. The fraction of sp³-hybridized carbons (Fsp3) is 0.136. The van der Waals surface area contributed by atoms with Gasteiger partial charge in [0.2, 0.25) is 15.9 Å². The third-order valence-corrected chi connectivity index (χ3v) is 5.89. The van der Waals surface area contributed by atoms with Crippen LogP contribution in [-0.4, -0.2) is 20.4 Å². The minimum atomic E-state index is -3.78. The van der Waals surface area contributed by atoms with E-state index < -0.39 is 22.0 Å². The van der Waals surface area contributed by atoms with Gasteiger partial charge in [-0.1, -0.05) is 78.9 Å². The van der Waals surface area contributed by atoms with Crippen molar-refractivity contribution in [3.63, 3.8) is 0 Å². The van der Waals surface area contributed by atoms with Crippen LogP contribution in [0, 0.1) is 0 Å². The molecule has 0 radical (unpaired) electrons. The molecule has 3 aromatic rings. The standard InChI is InChI=1S/C22H22N2O3S/c1-17(24-28(26,27)20-15-9-4-10-16-20)22(25)23-21(18-11-5-2-6-12-18)19-13-7-3-8-14-19/h2-17,21,24H,1H3,(H,23,25)/t17-/m0/s1. The molecule has 0 heterocycles. The van der Waals surface area contributed by atoms with E-state index in [4.69, 9.17) is 0 Å². The van der Waals surface area contributed by atoms with Crippen LogP contribution in [0.4, 0.5) is 0 Å². The van der Waals surface area contributed by atoms with E-state index in [9.17, 15) is 13.2 Å². The maximum atomic E-state index is 12.8. The molecule has 0 aromatic heterocycles. The lowest BCUT2D eigenvalue weighted by atomic mass is 9.98. The van der Waals surface area contributed by atoms with E-state index >= 15 is 0 Å². The molecule has 28 heavy (non-hydrogen) atoms. The minimum absolute atomic E-state index is 0.123. The molecule has 2 N–H and O–H groups in total. The summed E-state index contributed by atoms with van der Waals surface area (Å²) < 4.78 is 27.4. The van der Waals surface area contributed by atoms with Gasteiger partial charge < -0.3 is 5.32 Å². The second kappa shape index (κ2) is 8.82. The van der Waals surface area contributed by atoms with Gasteiger partial charge in [-0.3, -0.25) is 4.79 Å². The first-order valence-electron chi connectivity index (χ1n) is 8.95. The molecule has 0 bridgehead atoms. The van der Waals surface area contributed by atoms with Crippen molar-refractivity contribution in [2.75, 3.05) is 0 Å². The monoisotopic (exact) mass is 394 g/mol. The van der Waals surface area contributed by atoms with Gasteiger partial charge in [-0.2, -0.15) is 4.72 Å². The zero-order valence-corrected chi connectivity index (χ0v) is 16.3. The summed E-state index contributed by atoms with van der Waals surface area (Å²) in [7, 11) is -3.78. The zero-order valence-electron chi connectivity index (χ0n) is 15.4. The van der Waals surface area contributed by atoms with Crippen LogP contribution in [0.25, 0.3) is 0 Å². The van der Waals surface area contributed by atoms with Crippen LogP contribution < -0.4 is 10.0 Å². The number of hydrogen-bond acceptors (Lipinski definition) is 3. The Labute approximate surface area is 165 Å². The first-order chi connectivity index (χ1) is 13.5. The van der Waals surface area contributed by atoms with Crippen LogP contribution in [-0.2, 0) is 14.8 Å². The van der Waals surface area contributed by atoms with Gasteiger partial charge in [0.05, 0.1) is 17.0 Å². The smallest absolute Gasteiger partial charge is 0.241 e. The molecule has 3 aromatic carbocycles. The number of amides is 1. The fourth-order valence-electron chi connectivity index (χ4n) is 2.87. The fourth-order valence-corrected chi connectivity index (χ4v) is 4.10. The normalized spacial score (nSPS) is 12.5. The number of rotatable bonds is 7. The molecule has 0 saturated heterocycles. The summed E-state index contributed by atoms with van der Waals surface area (Å²) in [5.74, 6) is -0.405. The molecule has 3 rings (SSSR count). The maximum Gasteiger partial charge on any atom is 0.241 e. The molecule has 0 unspecified atom stereocenters. The van der Waals surface area contributed by atoms with Crippen LogP contribution in [0.15, 0.2) is 95.9 Å². The average Bonchev–Trinajstić information content (AvgIpc) is 2.73. The predicted octanol–water partition coefficient (Wildman–Crippen LogP) is 3.26. The summed E-state index contributed by atoms with van der Waals surface area (Å²) in [6.45, 7) is 1.53. The molecule has 1 atom stereocenters. The van der Waals surface area contributed by atoms with Crippen molar-refractivity contribution in [3.8, 4) is 0 Å². The van der Waals surface area contributed by atoms with Gasteiger partial charge in [0, 0.05) is 0 Å². The van der Waals surface area contributed by atoms with Crippen molar-refractivity contribution >= 4 is 15.9 Å². The van der Waals surface area contributed by atoms with Crippen LogP contribution in [0.1, 0.15) is 24.1 Å². The lowest BCUT2D eigenvalue weighted by molar-refractivity contribution is -0.122. The van der Waals surface area contributed by atoms with E-state index in [1.807, 2.05) is 60.7 Å². The summed E-state index contributed by atoms with van der Waals surface area (Å²) in [6, 6.07) is 25.8. The lowest BCUT2D eigenvalue weighted by Gasteiger charge is -2.22. The Kier molecular flexibility index (Phi) is 6.23. The van der Waals surface area contributed by atoms with Crippen molar-refractivity contribution < 1.29 is 13.2 Å². The highest BCUT2D eigenvalue weighted by atomic mass is 32.2. The molecule has 144 valence electrons. The summed E-state index contributed by atoms with van der Waals surface area (Å²) in [5.41, 5.74) is 1.83. The number of nitrogens with one attached hydrogen (secondary N) is 2. The van der Waals surface area contributed by atoms with Crippen molar-refractivity contribution in [3.05, 3.63) is 102 Å². The van der Waals surface area contributed by atoms with Gasteiger partial charge in [0.25, 0.3) is 0 Å². The Hall–Kier alpha value is -2.96. The highest BCUT2D eigenvalue weighted by Crippen LogP contribution is 2.22. The summed E-state index contributed by atoms with van der Waals surface area (Å²) in [5, 5.41) is 2.96. The Morgan fingerprint density at radius 1 is 0.750 bits per heavy atom. The van der Waals surface area contributed by atoms with E-state index in [-0.39, 0.29) is 10.9 Å². The van der Waals surface area contributed by atoms with E-state index in [1.54, 1.807) is 18.2 Å². The average molecular weight is 394 g/mol. The van der Waals surface area contributed by atoms with Crippen molar-refractivity contribution in [1.29, 1.82) is 0 Å². The summed E-state index contributed by atoms with van der Waals surface area (Å²) >= 11 is 0. The van der Waals surface area contributed by atoms with Gasteiger partial charge in [-0.15, -0.1) is 0 Å². The molecule has 5 nitrogen and oxygen atoms in total. The molecule has 0 aliphatic carbocycles. The largest absolute Gasteiger partial charge is 0.344 e. The van der Waals surface area contributed by atoms with Crippen LogP contribution >= 0.6 is 0 Å². The van der Waals surface area contributed by atoms with Gasteiger partial charge in [0.1, 0.15) is 0 Å². The van der Waals surface area contributed by atoms with Crippen molar-refractivity contribution in [2.45, 2.75) is 23.9 Å². The van der Waals surface area contributed by atoms with E-state index in [0.717, 1.165) is 11.1 Å². The lowest BCUT2D eigenvalue weighted by Crippen LogP contribution is -2.46. The van der Waals surface area contributed by atoms with Crippen molar-refractivity contribution in [2.24, 2.45) is 0 Å². The highest BCUT2D eigenvalue weighted by Gasteiger charge is 2.24. The van der Waals surface area contributed by atoms with Gasteiger partial charge in [-0.05, 0) is 30.2 Å². The van der Waals surface area contributed by atoms with E-state index in [1.165, 1.54) is 19.1 Å². The number of carbonyl (C=O) groups excluding carboxylic acids is 1. The number of carbonyl (C=O) groups is 1. The van der Waals surface area contributed by atoms with E-state index in [0.29, 0.717) is 0 Å². The van der Waals surface area contributed by atoms with Gasteiger partial charge in [0.15, 0.2) is 0 Å². The molecule has 1 amide bonds. The molecule has 0 spiro atoms. The Balaban J connectivity index is 1.78. The molecule has 0 saturated carbocycles. The second-order valence-electron chi connectivity index (χ2n) is 6.42. The highest BCUT2D eigenvalue weighted by molar-refractivity contribution is 7.89. The Bertz CT molecular complexity index is 968. The maximum absolute atomic E-state index is 12.8. The third kappa shape index (κ3) is 4.85. The number of sulfonamides is 1. The first kappa shape index (κ1) is 19.8. The van der Waals surface area contributed by atoms with Crippen LogP contribution in [0.5, 0.6) is 0 Å².